The molecule has 0 bridgehead atoms. The van der Waals surface area contributed by atoms with Gasteiger partial charge in [-0.2, -0.15) is 0 Å². The van der Waals surface area contributed by atoms with Crippen LogP contribution in [0, 0.1) is 0 Å². The van der Waals surface area contributed by atoms with Crippen molar-refractivity contribution in [3.05, 3.63) is 0 Å². The zero-order valence-corrected chi connectivity index (χ0v) is 8.16. The first-order chi connectivity index (χ1) is 5.70. The number of hydrogen-bond acceptors (Lipinski definition) is 4. The molecule has 0 radical (unpaired) electrons. The van der Waals surface area contributed by atoms with Crippen molar-refractivity contribution < 1.29 is 0 Å². The Hall–Kier alpha value is -0.160. The van der Waals surface area contributed by atoms with Crippen molar-refractivity contribution in [1.82, 2.24) is 4.90 Å². The lowest BCUT2D eigenvalue weighted by Crippen LogP contribution is -2.42. The lowest BCUT2D eigenvalue weighted by atomic mass is 10.1. The molecule has 0 saturated carbocycles. The summed E-state index contributed by atoms with van der Waals surface area (Å²) in [6.07, 6.45) is 2.36. The maximum absolute atomic E-state index is 5.77. The molecule has 1 fully saturated rings. The first-order valence-corrected chi connectivity index (χ1v) is 4.53. The average Bonchev–Trinajstić information content (AvgIpc) is 2.09. The van der Waals surface area contributed by atoms with Gasteiger partial charge in [0.15, 0.2) is 0 Å². The van der Waals surface area contributed by atoms with Gasteiger partial charge in [-0.15, -0.1) is 0 Å². The van der Waals surface area contributed by atoms with Crippen molar-refractivity contribution in [1.29, 1.82) is 0 Å². The summed E-state index contributed by atoms with van der Waals surface area (Å²) in [4.78, 5) is 2.49. The largest absolute Gasteiger partial charge is 0.328 e. The van der Waals surface area contributed by atoms with Crippen LogP contribution < -0.4 is 17.4 Å². The van der Waals surface area contributed by atoms with Crippen molar-refractivity contribution in [2.24, 2.45) is 17.4 Å². The Morgan fingerprint density at radius 1 is 1.17 bits per heavy atom. The Morgan fingerprint density at radius 3 is 1.92 bits per heavy atom. The molecule has 0 aromatic heterocycles. The molecule has 4 nitrogen and oxygen atoms in total. The molecular weight excluding hydrogens is 152 g/mol. The van der Waals surface area contributed by atoms with E-state index >= 15 is 0 Å². The summed E-state index contributed by atoms with van der Waals surface area (Å²) in [6, 6.07) is 1.17. The van der Waals surface area contributed by atoms with Crippen LogP contribution in [0.3, 0.4) is 0 Å². The van der Waals surface area contributed by atoms with Gasteiger partial charge in [0.2, 0.25) is 0 Å². The molecule has 0 aromatic carbocycles. The van der Waals surface area contributed by atoms with E-state index < -0.39 is 0 Å². The molecule has 0 atom stereocenters. The van der Waals surface area contributed by atoms with Gasteiger partial charge in [0.25, 0.3) is 0 Å². The molecule has 4 heteroatoms. The van der Waals surface area contributed by atoms with E-state index in [9.17, 15) is 0 Å². The number of likely N-dealkylation sites (tertiary alicyclic amines) is 1. The SMILES string of the molecule is CC(C)N1CCC(N)CC1.NN. The summed E-state index contributed by atoms with van der Waals surface area (Å²) in [5.74, 6) is 8.00. The molecule has 1 heterocycles. The van der Waals surface area contributed by atoms with E-state index in [1.165, 1.54) is 25.9 Å². The minimum atomic E-state index is 0.468. The zero-order chi connectivity index (χ0) is 9.56. The number of rotatable bonds is 1. The highest BCUT2D eigenvalue weighted by Gasteiger charge is 2.17. The van der Waals surface area contributed by atoms with Crippen LogP contribution in [-0.2, 0) is 0 Å². The number of piperidine rings is 1. The van der Waals surface area contributed by atoms with Crippen LogP contribution in [0.4, 0.5) is 0 Å². The molecule has 1 rings (SSSR count). The molecule has 6 N–H and O–H groups in total. The van der Waals surface area contributed by atoms with Crippen LogP contribution in [0.1, 0.15) is 26.7 Å². The van der Waals surface area contributed by atoms with Gasteiger partial charge >= 0.3 is 0 Å². The van der Waals surface area contributed by atoms with Gasteiger partial charge in [0.05, 0.1) is 0 Å². The molecule has 74 valence electrons. The minimum Gasteiger partial charge on any atom is -0.328 e. The van der Waals surface area contributed by atoms with E-state index in [0.29, 0.717) is 12.1 Å². The molecule has 0 amide bonds. The van der Waals surface area contributed by atoms with Gasteiger partial charge in [0, 0.05) is 12.1 Å². The van der Waals surface area contributed by atoms with Crippen molar-refractivity contribution in [3.63, 3.8) is 0 Å². The monoisotopic (exact) mass is 174 g/mol. The van der Waals surface area contributed by atoms with Crippen molar-refractivity contribution >= 4 is 0 Å². The van der Waals surface area contributed by atoms with Crippen LogP contribution in [-0.4, -0.2) is 30.1 Å². The Bertz CT molecular complexity index is 97.2. The Morgan fingerprint density at radius 2 is 1.58 bits per heavy atom. The van der Waals surface area contributed by atoms with Crippen LogP contribution >= 0.6 is 0 Å². The van der Waals surface area contributed by atoms with E-state index in [-0.39, 0.29) is 0 Å². The van der Waals surface area contributed by atoms with E-state index in [2.05, 4.69) is 30.4 Å². The number of hydrazine groups is 1. The van der Waals surface area contributed by atoms with E-state index in [0.717, 1.165) is 0 Å². The highest BCUT2D eigenvalue weighted by atomic mass is 15.2. The third kappa shape index (κ3) is 4.01. The highest BCUT2D eigenvalue weighted by molar-refractivity contribution is 4.75. The molecular formula is C8H22N4. The second kappa shape index (κ2) is 6.37. The van der Waals surface area contributed by atoms with Gasteiger partial charge < -0.3 is 10.6 Å². The summed E-state index contributed by atoms with van der Waals surface area (Å²) < 4.78 is 0. The molecule has 0 spiro atoms. The van der Waals surface area contributed by atoms with E-state index in [4.69, 9.17) is 5.73 Å². The predicted molar refractivity (Wildman–Crippen MR) is 52.3 cm³/mol. The average molecular weight is 174 g/mol. The fourth-order valence-corrected chi connectivity index (χ4v) is 1.44. The summed E-state index contributed by atoms with van der Waals surface area (Å²) in [6.45, 7) is 6.88. The van der Waals surface area contributed by atoms with Crippen molar-refractivity contribution in [2.75, 3.05) is 13.1 Å². The molecule has 0 aliphatic carbocycles. The summed E-state index contributed by atoms with van der Waals surface area (Å²) in [5.41, 5.74) is 5.77. The maximum Gasteiger partial charge on any atom is 0.00631 e. The number of nitrogens with zero attached hydrogens (tertiary/aromatic N) is 1. The summed E-state index contributed by atoms with van der Waals surface area (Å²) in [5, 5.41) is 0. The quantitative estimate of drug-likeness (QED) is 0.374. The fraction of sp³-hybridized carbons (Fsp3) is 1.00. The van der Waals surface area contributed by atoms with Crippen LogP contribution in [0.15, 0.2) is 0 Å². The van der Waals surface area contributed by atoms with Gasteiger partial charge in [-0.3, -0.25) is 11.7 Å². The van der Waals surface area contributed by atoms with Gasteiger partial charge in [0.1, 0.15) is 0 Å². The maximum atomic E-state index is 5.77. The van der Waals surface area contributed by atoms with Gasteiger partial charge in [-0.05, 0) is 39.8 Å². The summed E-state index contributed by atoms with van der Waals surface area (Å²) in [7, 11) is 0. The molecule has 0 unspecified atom stereocenters. The van der Waals surface area contributed by atoms with Gasteiger partial charge in [-0.25, -0.2) is 0 Å². The molecule has 12 heavy (non-hydrogen) atoms. The van der Waals surface area contributed by atoms with Gasteiger partial charge in [-0.1, -0.05) is 0 Å². The van der Waals surface area contributed by atoms with E-state index in [1.807, 2.05) is 0 Å². The normalized spacial score (nSPS) is 20.5. The number of nitrogens with two attached hydrogens (primary N) is 3. The number of hydrogen-bond donors (Lipinski definition) is 3. The van der Waals surface area contributed by atoms with Crippen molar-refractivity contribution in [3.8, 4) is 0 Å². The second-order valence-electron chi connectivity index (χ2n) is 3.47. The summed E-state index contributed by atoms with van der Waals surface area (Å²) >= 11 is 0. The molecule has 1 aliphatic heterocycles. The standard InChI is InChI=1S/C8H18N2.H4N2/c1-7(2)10-5-3-8(9)4-6-10;1-2/h7-8H,3-6,9H2,1-2H3;1-2H2. The topological polar surface area (TPSA) is 81.3 Å². The first-order valence-electron chi connectivity index (χ1n) is 4.53. The molecule has 1 saturated heterocycles. The Balaban J connectivity index is 0.000000561. The lowest BCUT2D eigenvalue weighted by Gasteiger charge is -2.32. The van der Waals surface area contributed by atoms with Crippen molar-refractivity contribution in [2.45, 2.75) is 38.8 Å². The fourth-order valence-electron chi connectivity index (χ4n) is 1.44. The Labute approximate surface area is 75.0 Å². The highest BCUT2D eigenvalue weighted by Crippen LogP contribution is 2.10. The van der Waals surface area contributed by atoms with E-state index in [1.54, 1.807) is 0 Å². The lowest BCUT2D eigenvalue weighted by molar-refractivity contribution is 0.173. The minimum absolute atomic E-state index is 0.468. The molecule has 1 aliphatic rings. The van der Waals surface area contributed by atoms with Crippen LogP contribution in [0.2, 0.25) is 0 Å². The predicted octanol–water partition coefficient (Wildman–Crippen LogP) is -0.363. The zero-order valence-electron chi connectivity index (χ0n) is 8.16. The van der Waals surface area contributed by atoms with Crippen LogP contribution in [0.5, 0.6) is 0 Å². The third-order valence-electron chi connectivity index (χ3n) is 2.30. The first kappa shape index (κ1) is 11.8. The Kier molecular flexibility index (Phi) is 6.28. The smallest absolute Gasteiger partial charge is 0.00631 e. The van der Waals surface area contributed by atoms with Crippen LogP contribution in [0.25, 0.3) is 0 Å². The third-order valence-corrected chi connectivity index (χ3v) is 2.30. The molecule has 0 aromatic rings. The second-order valence-corrected chi connectivity index (χ2v) is 3.47.